The average molecular weight is 451 g/mol. The molecule has 0 spiro atoms. The van der Waals surface area contributed by atoms with Gasteiger partial charge in [0.2, 0.25) is 15.9 Å². The van der Waals surface area contributed by atoms with Crippen molar-refractivity contribution in [2.24, 2.45) is 0 Å². The predicted octanol–water partition coefficient (Wildman–Crippen LogP) is 3.65. The fraction of sp³-hybridized carbons (Fsp3) is 0.350. The predicted molar refractivity (Wildman–Crippen MR) is 109 cm³/mol. The standard InChI is InChI=1S/C20H23BrN2O3S/c1-22(15-16-10-12-17(21)13-11-16)20(24)19-9-5-6-14-23(19)27(25,26)18-7-3-2-4-8-18/h2-4,7-8,10-13,19H,5-6,9,14-15H2,1H3. The van der Waals surface area contributed by atoms with Crippen LogP contribution in [0.3, 0.4) is 0 Å². The van der Waals surface area contributed by atoms with Crippen molar-refractivity contribution in [2.45, 2.75) is 36.7 Å². The Hall–Kier alpha value is -1.70. The first kappa shape index (κ1) is 20.0. The van der Waals surface area contributed by atoms with E-state index in [4.69, 9.17) is 0 Å². The summed E-state index contributed by atoms with van der Waals surface area (Å²) in [6.07, 6.45) is 2.17. The Morgan fingerprint density at radius 3 is 2.44 bits per heavy atom. The van der Waals surface area contributed by atoms with Crippen molar-refractivity contribution >= 4 is 31.9 Å². The van der Waals surface area contributed by atoms with Crippen LogP contribution < -0.4 is 0 Å². The summed E-state index contributed by atoms with van der Waals surface area (Å²) in [5.74, 6) is -0.155. The molecule has 27 heavy (non-hydrogen) atoms. The third kappa shape index (κ3) is 4.59. The molecule has 2 aromatic carbocycles. The second-order valence-electron chi connectivity index (χ2n) is 6.76. The van der Waals surface area contributed by atoms with Gasteiger partial charge >= 0.3 is 0 Å². The molecule has 5 nitrogen and oxygen atoms in total. The summed E-state index contributed by atoms with van der Waals surface area (Å²) < 4.78 is 28.5. The molecule has 1 amide bonds. The molecule has 0 saturated carbocycles. The maximum atomic E-state index is 13.1. The minimum absolute atomic E-state index is 0.155. The van der Waals surface area contributed by atoms with Crippen molar-refractivity contribution in [1.82, 2.24) is 9.21 Å². The molecule has 0 aliphatic carbocycles. The summed E-state index contributed by atoms with van der Waals surface area (Å²) in [4.78, 5) is 14.9. The van der Waals surface area contributed by atoms with Crippen molar-refractivity contribution in [1.29, 1.82) is 0 Å². The van der Waals surface area contributed by atoms with Crippen LogP contribution in [0.2, 0.25) is 0 Å². The molecule has 1 heterocycles. The lowest BCUT2D eigenvalue weighted by atomic mass is 10.0. The van der Waals surface area contributed by atoms with E-state index in [1.807, 2.05) is 24.3 Å². The molecule has 144 valence electrons. The van der Waals surface area contributed by atoms with Gasteiger partial charge in [0.05, 0.1) is 4.90 Å². The van der Waals surface area contributed by atoms with Crippen molar-refractivity contribution in [3.63, 3.8) is 0 Å². The molecule has 1 fully saturated rings. The minimum atomic E-state index is -3.69. The lowest BCUT2D eigenvalue weighted by Gasteiger charge is -2.35. The Labute approximate surface area is 169 Å². The molecule has 1 aliphatic rings. The number of nitrogens with zero attached hydrogens (tertiary/aromatic N) is 2. The molecule has 1 aliphatic heterocycles. The summed E-state index contributed by atoms with van der Waals surface area (Å²) in [7, 11) is -1.96. The summed E-state index contributed by atoms with van der Waals surface area (Å²) in [5, 5.41) is 0. The second-order valence-corrected chi connectivity index (χ2v) is 9.57. The number of sulfonamides is 1. The molecule has 1 atom stereocenters. The molecule has 0 N–H and O–H groups in total. The molecule has 3 rings (SSSR count). The maximum absolute atomic E-state index is 13.1. The fourth-order valence-corrected chi connectivity index (χ4v) is 5.30. The number of halogens is 1. The van der Waals surface area contributed by atoms with Gasteiger partial charge in [-0.25, -0.2) is 8.42 Å². The van der Waals surface area contributed by atoms with Gasteiger partial charge in [0.25, 0.3) is 0 Å². The lowest BCUT2D eigenvalue weighted by Crippen LogP contribution is -2.51. The van der Waals surface area contributed by atoms with E-state index in [9.17, 15) is 13.2 Å². The zero-order valence-corrected chi connectivity index (χ0v) is 17.6. The van der Waals surface area contributed by atoms with E-state index in [-0.39, 0.29) is 10.8 Å². The van der Waals surface area contributed by atoms with Crippen molar-refractivity contribution in [3.8, 4) is 0 Å². The minimum Gasteiger partial charge on any atom is -0.340 e. The number of piperidine rings is 1. The van der Waals surface area contributed by atoms with Crippen LogP contribution >= 0.6 is 15.9 Å². The van der Waals surface area contributed by atoms with Crippen LogP contribution in [0.5, 0.6) is 0 Å². The van der Waals surface area contributed by atoms with Crippen LogP contribution in [0.1, 0.15) is 24.8 Å². The largest absolute Gasteiger partial charge is 0.340 e. The first-order valence-electron chi connectivity index (χ1n) is 8.96. The van der Waals surface area contributed by atoms with E-state index in [2.05, 4.69) is 15.9 Å². The van der Waals surface area contributed by atoms with Gasteiger partial charge in [-0.15, -0.1) is 0 Å². The smallest absolute Gasteiger partial charge is 0.243 e. The molecule has 1 unspecified atom stereocenters. The highest BCUT2D eigenvalue weighted by Gasteiger charge is 2.38. The highest BCUT2D eigenvalue weighted by molar-refractivity contribution is 9.10. The van der Waals surface area contributed by atoms with Crippen LogP contribution in [-0.4, -0.2) is 43.2 Å². The quantitative estimate of drug-likeness (QED) is 0.698. The molecular weight excluding hydrogens is 428 g/mol. The van der Waals surface area contributed by atoms with Crippen LogP contribution in [0.15, 0.2) is 64.0 Å². The van der Waals surface area contributed by atoms with Gasteiger partial charge in [-0.1, -0.05) is 52.7 Å². The van der Waals surface area contributed by atoms with Crippen LogP contribution in [0.4, 0.5) is 0 Å². The summed E-state index contributed by atoms with van der Waals surface area (Å²) in [6, 6.07) is 15.5. The van der Waals surface area contributed by atoms with E-state index in [0.717, 1.165) is 22.9 Å². The van der Waals surface area contributed by atoms with Crippen LogP contribution in [0, 0.1) is 0 Å². The third-order valence-corrected chi connectivity index (χ3v) is 7.25. The lowest BCUT2D eigenvalue weighted by molar-refractivity contribution is -0.135. The average Bonchev–Trinajstić information content (AvgIpc) is 2.69. The first-order valence-corrected chi connectivity index (χ1v) is 11.2. The van der Waals surface area contributed by atoms with Gasteiger partial charge in [0.15, 0.2) is 0 Å². The number of carbonyl (C=O) groups excluding carboxylic acids is 1. The van der Waals surface area contributed by atoms with Crippen LogP contribution in [-0.2, 0) is 21.4 Å². The summed E-state index contributed by atoms with van der Waals surface area (Å²) >= 11 is 3.40. The Balaban J connectivity index is 1.80. The summed E-state index contributed by atoms with van der Waals surface area (Å²) in [6.45, 7) is 0.821. The SMILES string of the molecule is CN(Cc1ccc(Br)cc1)C(=O)C1CCCCN1S(=O)(=O)c1ccccc1. The normalized spacial score (nSPS) is 18.2. The Kier molecular flexibility index (Phi) is 6.34. The highest BCUT2D eigenvalue weighted by atomic mass is 79.9. The van der Waals surface area contributed by atoms with Gasteiger partial charge in [-0.05, 0) is 42.7 Å². The zero-order chi connectivity index (χ0) is 19.4. The van der Waals surface area contributed by atoms with Crippen molar-refractivity contribution in [3.05, 3.63) is 64.6 Å². The van der Waals surface area contributed by atoms with E-state index in [1.165, 1.54) is 4.31 Å². The van der Waals surface area contributed by atoms with Crippen molar-refractivity contribution in [2.75, 3.05) is 13.6 Å². The van der Waals surface area contributed by atoms with E-state index >= 15 is 0 Å². The summed E-state index contributed by atoms with van der Waals surface area (Å²) in [5.41, 5.74) is 1.00. The number of benzene rings is 2. The van der Waals surface area contributed by atoms with Gasteiger partial charge < -0.3 is 4.90 Å². The topological polar surface area (TPSA) is 57.7 Å². The number of likely N-dealkylation sites (N-methyl/N-ethyl adjacent to an activating group) is 1. The third-order valence-electron chi connectivity index (χ3n) is 4.80. The van der Waals surface area contributed by atoms with Crippen molar-refractivity contribution < 1.29 is 13.2 Å². The zero-order valence-electron chi connectivity index (χ0n) is 15.2. The number of hydrogen-bond donors (Lipinski definition) is 0. The number of carbonyl (C=O) groups is 1. The number of rotatable bonds is 5. The fourth-order valence-electron chi connectivity index (χ4n) is 3.36. The number of hydrogen-bond acceptors (Lipinski definition) is 3. The highest BCUT2D eigenvalue weighted by Crippen LogP contribution is 2.26. The molecule has 1 saturated heterocycles. The Morgan fingerprint density at radius 1 is 1.11 bits per heavy atom. The molecule has 0 aromatic heterocycles. The second kappa shape index (κ2) is 8.54. The van der Waals surface area contributed by atoms with E-state index in [0.29, 0.717) is 19.5 Å². The molecule has 2 aromatic rings. The molecule has 7 heteroatoms. The van der Waals surface area contributed by atoms with Gasteiger partial charge in [-0.2, -0.15) is 4.31 Å². The Bertz CT molecular complexity index is 885. The number of amides is 1. The van der Waals surface area contributed by atoms with E-state index in [1.54, 1.807) is 42.3 Å². The van der Waals surface area contributed by atoms with E-state index < -0.39 is 16.1 Å². The first-order chi connectivity index (χ1) is 12.9. The van der Waals surface area contributed by atoms with Gasteiger partial charge in [0.1, 0.15) is 6.04 Å². The monoisotopic (exact) mass is 450 g/mol. The van der Waals surface area contributed by atoms with Crippen LogP contribution in [0.25, 0.3) is 0 Å². The van der Waals surface area contributed by atoms with Gasteiger partial charge in [-0.3, -0.25) is 4.79 Å². The molecular formula is C20H23BrN2O3S. The van der Waals surface area contributed by atoms with Gasteiger partial charge in [0, 0.05) is 24.6 Å². The molecule has 0 bridgehead atoms. The Morgan fingerprint density at radius 2 is 1.78 bits per heavy atom. The molecule has 0 radical (unpaired) electrons. The maximum Gasteiger partial charge on any atom is 0.243 e.